The number of carboxylic acid groups (broad SMARTS) is 1. The van der Waals surface area contributed by atoms with Crippen molar-refractivity contribution in [1.82, 2.24) is 0 Å². The lowest BCUT2D eigenvalue weighted by atomic mass is 9.85. The van der Waals surface area contributed by atoms with E-state index in [0.717, 1.165) is 25.7 Å². The molecule has 0 aliphatic heterocycles. The number of aliphatic carboxylic acids is 1. The minimum Gasteiger partial charge on any atom is -0.480 e. The molecule has 0 aromatic carbocycles. The molecule has 0 aromatic heterocycles. The zero-order valence-electron chi connectivity index (χ0n) is 7.55. The summed E-state index contributed by atoms with van der Waals surface area (Å²) in [6.07, 6.45) is 4.57. The maximum Gasteiger partial charge on any atom is 0.323 e. The number of hydrogen-bond donors (Lipinski definition) is 2. The molecule has 0 amide bonds. The molecule has 70 valence electrons. The molecule has 0 radical (unpaired) electrons. The maximum absolute atomic E-state index is 10.9. The lowest BCUT2D eigenvalue weighted by molar-refractivity contribution is -0.144. The second-order valence-electron chi connectivity index (χ2n) is 3.72. The van der Waals surface area contributed by atoms with Crippen molar-refractivity contribution in [3.8, 4) is 0 Å². The normalized spacial score (nSPS) is 35.3. The van der Waals surface area contributed by atoms with Crippen LogP contribution < -0.4 is 5.73 Å². The van der Waals surface area contributed by atoms with E-state index < -0.39 is 11.5 Å². The zero-order chi connectivity index (χ0) is 9.19. The SMILES string of the molecule is CCC[C@@H]1CCC[C@@]1(N)C(=O)O. The Morgan fingerprint density at radius 1 is 1.75 bits per heavy atom. The molecule has 3 N–H and O–H groups in total. The summed E-state index contributed by atoms with van der Waals surface area (Å²) in [5.74, 6) is -0.626. The van der Waals surface area contributed by atoms with Gasteiger partial charge in [0, 0.05) is 0 Å². The Morgan fingerprint density at radius 3 is 2.92 bits per heavy atom. The maximum atomic E-state index is 10.9. The third-order valence-corrected chi connectivity index (χ3v) is 2.91. The van der Waals surface area contributed by atoms with Crippen LogP contribution in [0.1, 0.15) is 39.0 Å². The van der Waals surface area contributed by atoms with Crippen molar-refractivity contribution in [2.75, 3.05) is 0 Å². The molecule has 12 heavy (non-hydrogen) atoms. The predicted octanol–water partition coefficient (Wildman–Crippen LogP) is 1.37. The second kappa shape index (κ2) is 3.44. The molecule has 2 atom stereocenters. The Kier molecular flexibility index (Phi) is 2.73. The molecule has 1 rings (SSSR count). The highest BCUT2D eigenvalue weighted by atomic mass is 16.4. The van der Waals surface area contributed by atoms with Crippen LogP contribution in [0.25, 0.3) is 0 Å². The third kappa shape index (κ3) is 1.46. The van der Waals surface area contributed by atoms with Crippen molar-refractivity contribution in [3.05, 3.63) is 0 Å². The Bertz CT molecular complexity index is 181. The summed E-state index contributed by atoms with van der Waals surface area (Å²) in [5, 5.41) is 8.94. The lowest BCUT2D eigenvalue weighted by Crippen LogP contribution is -2.50. The summed E-state index contributed by atoms with van der Waals surface area (Å²) >= 11 is 0. The Labute approximate surface area is 72.9 Å². The van der Waals surface area contributed by atoms with E-state index in [2.05, 4.69) is 6.92 Å². The molecule has 1 aliphatic rings. The first-order valence-corrected chi connectivity index (χ1v) is 4.63. The summed E-state index contributed by atoms with van der Waals surface area (Å²) in [4.78, 5) is 10.9. The first kappa shape index (κ1) is 9.52. The summed E-state index contributed by atoms with van der Waals surface area (Å²) in [7, 11) is 0. The first-order valence-electron chi connectivity index (χ1n) is 4.63. The number of carbonyl (C=O) groups is 1. The van der Waals surface area contributed by atoms with Crippen molar-refractivity contribution >= 4 is 5.97 Å². The molecule has 3 nitrogen and oxygen atoms in total. The predicted molar refractivity (Wildman–Crippen MR) is 46.8 cm³/mol. The van der Waals surface area contributed by atoms with Gasteiger partial charge in [0.2, 0.25) is 0 Å². The molecule has 3 heteroatoms. The summed E-state index contributed by atoms with van der Waals surface area (Å²) in [6.45, 7) is 2.07. The molecule has 0 unspecified atom stereocenters. The van der Waals surface area contributed by atoms with Gasteiger partial charge >= 0.3 is 5.97 Å². The van der Waals surface area contributed by atoms with Crippen molar-refractivity contribution < 1.29 is 9.90 Å². The number of carboxylic acids is 1. The summed E-state index contributed by atoms with van der Waals surface area (Å²) in [5.41, 5.74) is 4.91. The minimum atomic E-state index is -0.921. The van der Waals surface area contributed by atoms with Gasteiger partial charge in [0.15, 0.2) is 0 Å². The summed E-state index contributed by atoms with van der Waals surface area (Å²) < 4.78 is 0. The van der Waals surface area contributed by atoms with Crippen LogP contribution in [0.15, 0.2) is 0 Å². The zero-order valence-corrected chi connectivity index (χ0v) is 7.55. The molecule has 0 aromatic rings. The van der Waals surface area contributed by atoms with E-state index in [0.29, 0.717) is 6.42 Å². The van der Waals surface area contributed by atoms with Crippen LogP contribution in [0.2, 0.25) is 0 Å². The van der Waals surface area contributed by atoms with Gasteiger partial charge in [-0.2, -0.15) is 0 Å². The van der Waals surface area contributed by atoms with Gasteiger partial charge in [-0.3, -0.25) is 4.79 Å². The van der Waals surface area contributed by atoms with Crippen LogP contribution in [-0.2, 0) is 4.79 Å². The highest BCUT2D eigenvalue weighted by Crippen LogP contribution is 2.36. The van der Waals surface area contributed by atoms with Crippen LogP contribution in [0.4, 0.5) is 0 Å². The van der Waals surface area contributed by atoms with E-state index in [1.165, 1.54) is 0 Å². The van der Waals surface area contributed by atoms with Crippen LogP contribution in [-0.4, -0.2) is 16.6 Å². The Balaban J connectivity index is 2.67. The average Bonchev–Trinajstić information content (AvgIpc) is 2.35. The highest BCUT2D eigenvalue weighted by molar-refractivity contribution is 5.79. The summed E-state index contributed by atoms with van der Waals surface area (Å²) in [6, 6.07) is 0. The Hall–Kier alpha value is -0.570. The van der Waals surface area contributed by atoms with Crippen LogP contribution in [0, 0.1) is 5.92 Å². The Morgan fingerprint density at radius 2 is 2.42 bits per heavy atom. The fourth-order valence-corrected chi connectivity index (χ4v) is 2.13. The molecule has 0 spiro atoms. The molecular weight excluding hydrogens is 154 g/mol. The van der Waals surface area contributed by atoms with E-state index >= 15 is 0 Å². The monoisotopic (exact) mass is 171 g/mol. The third-order valence-electron chi connectivity index (χ3n) is 2.91. The van der Waals surface area contributed by atoms with Gasteiger partial charge in [0.1, 0.15) is 5.54 Å². The standard InChI is InChI=1S/C9H17NO2/c1-2-4-7-5-3-6-9(7,10)8(11)12/h7H,2-6,10H2,1H3,(H,11,12)/t7-,9+/m1/s1. The van der Waals surface area contributed by atoms with E-state index in [-0.39, 0.29) is 5.92 Å². The van der Waals surface area contributed by atoms with E-state index in [4.69, 9.17) is 10.8 Å². The molecule has 1 fully saturated rings. The molecular formula is C9H17NO2. The van der Waals surface area contributed by atoms with Gasteiger partial charge in [-0.25, -0.2) is 0 Å². The molecule has 0 saturated heterocycles. The van der Waals surface area contributed by atoms with E-state index in [1.54, 1.807) is 0 Å². The van der Waals surface area contributed by atoms with Gasteiger partial charge in [-0.15, -0.1) is 0 Å². The van der Waals surface area contributed by atoms with Gasteiger partial charge in [0.05, 0.1) is 0 Å². The van der Waals surface area contributed by atoms with E-state index in [1.807, 2.05) is 0 Å². The molecule has 0 heterocycles. The van der Waals surface area contributed by atoms with E-state index in [9.17, 15) is 4.79 Å². The minimum absolute atomic E-state index is 0.194. The highest BCUT2D eigenvalue weighted by Gasteiger charge is 2.45. The quantitative estimate of drug-likeness (QED) is 0.674. The molecule has 1 saturated carbocycles. The fraction of sp³-hybridized carbons (Fsp3) is 0.889. The van der Waals surface area contributed by atoms with Gasteiger partial charge < -0.3 is 10.8 Å². The van der Waals surface area contributed by atoms with Crippen molar-refractivity contribution in [3.63, 3.8) is 0 Å². The van der Waals surface area contributed by atoms with Crippen LogP contribution in [0.3, 0.4) is 0 Å². The van der Waals surface area contributed by atoms with Crippen molar-refractivity contribution in [1.29, 1.82) is 0 Å². The number of rotatable bonds is 3. The average molecular weight is 171 g/mol. The largest absolute Gasteiger partial charge is 0.480 e. The van der Waals surface area contributed by atoms with Crippen molar-refractivity contribution in [2.45, 2.75) is 44.6 Å². The van der Waals surface area contributed by atoms with Gasteiger partial charge in [-0.1, -0.05) is 19.8 Å². The fourth-order valence-electron chi connectivity index (χ4n) is 2.13. The topological polar surface area (TPSA) is 63.3 Å². The molecule has 1 aliphatic carbocycles. The lowest BCUT2D eigenvalue weighted by Gasteiger charge is -2.26. The smallest absolute Gasteiger partial charge is 0.323 e. The first-order chi connectivity index (χ1) is 5.61. The molecule has 0 bridgehead atoms. The van der Waals surface area contributed by atoms with Crippen LogP contribution in [0.5, 0.6) is 0 Å². The van der Waals surface area contributed by atoms with Crippen LogP contribution >= 0.6 is 0 Å². The van der Waals surface area contributed by atoms with Gasteiger partial charge in [-0.05, 0) is 25.2 Å². The number of nitrogens with two attached hydrogens (primary N) is 1. The number of hydrogen-bond acceptors (Lipinski definition) is 2. The van der Waals surface area contributed by atoms with Gasteiger partial charge in [0.25, 0.3) is 0 Å². The van der Waals surface area contributed by atoms with Crippen molar-refractivity contribution in [2.24, 2.45) is 11.7 Å². The second-order valence-corrected chi connectivity index (χ2v) is 3.72.